The number of phenols is 1. The molecule has 0 bridgehead atoms. The van der Waals surface area contributed by atoms with Crippen LogP contribution in [-0.4, -0.2) is 36.5 Å². The molecule has 0 radical (unpaired) electrons. The van der Waals surface area contributed by atoms with Crippen molar-refractivity contribution in [1.82, 2.24) is 4.57 Å². The summed E-state index contributed by atoms with van der Waals surface area (Å²) in [7, 11) is 1.68. The predicted molar refractivity (Wildman–Crippen MR) is 137 cm³/mol. The van der Waals surface area contributed by atoms with Gasteiger partial charge in [-0.1, -0.05) is 24.3 Å². The van der Waals surface area contributed by atoms with Gasteiger partial charge in [0.2, 0.25) is 0 Å². The first-order valence-electron chi connectivity index (χ1n) is 11.8. The van der Waals surface area contributed by atoms with Gasteiger partial charge in [0.1, 0.15) is 17.2 Å². The average molecular weight is 474 g/mol. The van der Waals surface area contributed by atoms with Gasteiger partial charge in [-0.15, -0.1) is 0 Å². The Labute approximate surface area is 205 Å². The first-order valence-corrected chi connectivity index (χ1v) is 11.8. The number of fused-ring (bicyclic) bond motifs is 1. The van der Waals surface area contributed by atoms with Crippen molar-refractivity contribution in [1.29, 1.82) is 0 Å². The third kappa shape index (κ3) is 6.35. The average Bonchev–Trinajstić information content (AvgIpc) is 3.65. The van der Waals surface area contributed by atoms with Crippen LogP contribution in [0.5, 0.6) is 17.2 Å². The Kier molecular flexibility index (Phi) is 7.93. The highest BCUT2D eigenvalue weighted by atomic mass is 16.5. The van der Waals surface area contributed by atoms with Gasteiger partial charge in [-0.25, -0.2) is 0 Å². The largest absolute Gasteiger partial charge is 0.508 e. The minimum absolute atomic E-state index is 0.271. The molecule has 1 saturated carbocycles. The number of carbonyl (C=O) groups excluding carboxylic acids is 1. The Morgan fingerprint density at radius 3 is 2.49 bits per heavy atom. The maximum atomic E-state index is 10.1. The summed E-state index contributed by atoms with van der Waals surface area (Å²) in [6.45, 7) is 4.20. The normalized spacial score (nSPS) is 12.5. The first kappa shape index (κ1) is 24.2. The molecule has 1 aromatic heterocycles. The Morgan fingerprint density at radius 1 is 1.03 bits per heavy atom. The lowest BCUT2D eigenvalue weighted by atomic mass is 10.0. The number of phenolic OH excluding ortho intramolecular Hbond substituents is 1. The lowest BCUT2D eigenvalue weighted by Gasteiger charge is -2.07. The molecule has 35 heavy (non-hydrogen) atoms. The monoisotopic (exact) mass is 473 g/mol. The molecule has 0 spiro atoms. The molecule has 5 rings (SSSR count). The fraction of sp³-hybridized carbons (Fsp3) is 0.276. The molecule has 3 aromatic carbocycles. The van der Waals surface area contributed by atoms with Crippen LogP contribution in [0.15, 0.2) is 72.9 Å². The van der Waals surface area contributed by atoms with Gasteiger partial charge in [0, 0.05) is 29.2 Å². The molecule has 1 fully saturated rings. The van der Waals surface area contributed by atoms with Crippen LogP contribution in [0.2, 0.25) is 0 Å². The highest BCUT2D eigenvalue weighted by molar-refractivity contribution is 5.97. The second-order valence-corrected chi connectivity index (χ2v) is 8.55. The van der Waals surface area contributed by atoms with E-state index in [2.05, 4.69) is 39.8 Å². The number of hydrogen-bond acceptors (Lipinski definition) is 5. The van der Waals surface area contributed by atoms with E-state index in [1.54, 1.807) is 20.1 Å². The van der Waals surface area contributed by atoms with Crippen LogP contribution >= 0.6 is 0 Å². The number of aromatic hydroxyl groups is 1. The molecular weight excluding hydrogens is 442 g/mol. The molecule has 0 unspecified atom stereocenters. The summed E-state index contributed by atoms with van der Waals surface area (Å²) in [5.74, 6) is 2.77. The molecule has 0 amide bonds. The van der Waals surface area contributed by atoms with Crippen LogP contribution in [-0.2, 0) is 16.1 Å². The number of methoxy groups -OCH3 is 1. The van der Waals surface area contributed by atoms with Crippen molar-refractivity contribution in [2.45, 2.75) is 26.3 Å². The molecular formula is C29H31NO5. The lowest BCUT2D eigenvalue weighted by Crippen LogP contribution is -1.98. The van der Waals surface area contributed by atoms with Crippen molar-refractivity contribution in [2.24, 2.45) is 5.92 Å². The van der Waals surface area contributed by atoms with Gasteiger partial charge in [0.25, 0.3) is 6.47 Å². The van der Waals surface area contributed by atoms with E-state index in [9.17, 15) is 9.90 Å². The number of ether oxygens (including phenoxy) is 3. The van der Waals surface area contributed by atoms with Gasteiger partial charge in [-0.3, -0.25) is 4.79 Å². The van der Waals surface area contributed by atoms with E-state index in [1.807, 2.05) is 36.4 Å². The minimum Gasteiger partial charge on any atom is -0.508 e. The summed E-state index contributed by atoms with van der Waals surface area (Å²) in [5, 5.41) is 11.1. The topological polar surface area (TPSA) is 69.9 Å². The minimum atomic E-state index is 0.271. The Bertz CT molecular complexity index is 1260. The van der Waals surface area contributed by atoms with Crippen molar-refractivity contribution < 1.29 is 24.1 Å². The summed E-state index contributed by atoms with van der Waals surface area (Å²) in [6, 6.07) is 21.9. The van der Waals surface area contributed by atoms with E-state index in [1.165, 1.54) is 12.8 Å². The number of aromatic nitrogens is 1. The van der Waals surface area contributed by atoms with Gasteiger partial charge < -0.3 is 23.9 Å². The van der Waals surface area contributed by atoms with Crippen molar-refractivity contribution in [3.63, 3.8) is 0 Å². The quantitative estimate of drug-likeness (QED) is 0.300. The Balaban J connectivity index is 0.000000527. The molecule has 0 aliphatic heterocycles. The van der Waals surface area contributed by atoms with Gasteiger partial charge >= 0.3 is 0 Å². The van der Waals surface area contributed by atoms with Crippen LogP contribution in [0.3, 0.4) is 0 Å². The molecule has 1 aliphatic carbocycles. The molecule has 1 N–H and O–H groups in total. The van der Waals surface area contributed by atoms with E-state index < -0.39 is 0 Å². The SMILES string of the molecule is CCOC=O.COc1cccc(Cn2cc(-c3ccc(OCC4CC4)cc3)c3cc(O)ccc32)c1. The zero-order valence-electron chi connectivity index (χ0n) is 20.1. The van der Waals surface area contributed by atoms with Crippen molar-refractivity contribution in [3.05, 3.63) is 78.5 Å². The number of hydrogen-bond donors (Lipinski definition) is 1. The standard InChI is InChI=1S/C26H25NO3.C3H6O2/c1-29-23-4-2-3-19(13-23)15-27-16-25(24-14-21(28)9-12-26(24)27)20-7-10-22(11-8-20)30-17-18-5-6-18;1-2-5-3-4/h2-4,7-14,16,18,28H,5-6,15,17H2,1H3;3H,2H2,1H3. The van der Waals surface area contributed by atoms with E-state index >= 15 is 0 Å². The molecule has 0 saturated heterocycles. The van der Waals surface area contributed by atoms with Crippen LogP contribution in [0.1, 0.15) is 25.3 Å². The number of carbonyl (C=O) groups is 1. The van der Waals surface area contributed by atoms with Crippen molar-refractivity contribution in [3.8, 4) is 28.4 Å². The van der Waals surface area contributed by atoms with Gasteiger partial charge in [0.05, 0.1) is 20.3 Å². The van der Waals surface area contributed by atoms with Gasteiger partial charge in [-0.05, 0) is 79.3 Å². The van der Waals surface area contributed by atoms with E-state index in [0.717, 1.165) is 58.2 Å². The number of nitrogens with zero attached hydrogens (tertiary/aromatic N) is 1. The lowest BCUT2D eigenvalue weighted by molar-refractivity contribution is -0.128. The van der Waals surface area contributed by atoms with Crippen LogP contribution in [0, 0.1) is 5.92 Å². The molecule has 1 heterocycles. The summed E-state index contributed by atoms with van der Waals surface area (Å²) >= 11 is 0. The second kappa shape index (κ2) is 11.5. The summed E-state index contributed by atoms with van der Waals surface area (Å²) in [5.41, 5.74) is 4.45. The van der Waals surface area contributed by atoms with Gasteiger partial charge in [-0.2, -0.15) is 0 Å². The second-order valence-electron chi connectivity index (χ2n) is 8.55. The summed E-state index contributed by atoms with van der Waals surface area (Å²) in [4.78, 5) is 9.18. The molecule has 1 aliphatic rings. The molecule has 4 aromatic rings. The Hall–Kier alpha value is -3.93. The Morgan fingerprint density at radius 2 is 1.83 bits per heavy atom. The highest BCUT2D eigenvalue weighted by Crippen LogP contribution is 2.35. The highest BCUT2D eigenvalue weighted by Gasteiger charge is 2.21. The number of rotatable bonds is 9. The third-order valence-corrected chi connectivity index (χ3v) is 5.93. The van der Waals surface area contributed by atoms with Crippen LogP contribution < -0.4 is 9.47 Å². The predicted octanol–water partition coefficient (Wildman–Crippen LogP) is 6.04. The fourth-order valence-corrected chi connectivity index (χ4v) is 3.91. The zero-order chi connectivity index (χ0) is 24.6. The van der Waals surface area contributed by atoms with Crippen molar-refractivity contribution >= 4 is 17.4 Å². The molecule has 6 nitrogen and oxygen atoms in total. The van der Waals surface area contributed by atoms with E-state index in [4.69, 9.17) is 9.47 Å². The van der Waals surface area contributed by atoms with E-state index in [0.29, 0.717) is 13.1 Å². The third-order valence-electron chi connectivity index (χ3n) is 5.93. The molecule has 6 heteroatoms. The fourth-order valence-electron chi connectivity index (χ4n) is 3.91. The van der Waals surface area contributed by atoms with Crippen LogP contribution in [0.4, 0.5) is 0 Å². The molecule has 182 valence electrons. The molecule has 0 atom stereocenters. The summed E-state index contributed by atoms with van der Waals surface area (Å²) < 4.78 is 17.6. The maximum Gasteiger partial charge on any atom is 0.293 e. The van der Waals surface area contributed by atoms with E-state index in [-0.39, 0.29) is 5.75 Å². The summed E-state index contributed by atoms with van der Waals surface area (Å²) in [6.07, 6.45) is 4.73. The van der Waals surface area contributed by atoms with Crippen molar-refractivity contribution in [2.75, 3.05) is 20.3 Å². The van der Waals surface area contributed by atoms with Gasteiger partial charge in [0.15, 0.2) is 0 Å². The maximum absolute atomic E-state index is 10.1. The number of benzene rings is 3. The smallest absolute Gasteiger partial charge is 0.293 e. The van der Waals surface area contributed by atoms with Crippen LogP contribution in [0.25, 0.3) is 22.0 Å². The first-order chi connectivity index (χ1) is 17.1. The zero-order valence-corrected chi connectivity index (χ0v) is 20.1.